The van der Waals surface area contributed by atoms with E-state index in [1.165, 1.54) is 12.8 Å². The first-order valence-electron chi connectivity index (χ1n) is 5.11. The Morgan fingerprint density at radius 2 is 2.00 bits per heavy atom. The van der Waals surface area contributed by atoms with Crippen molar-refractivity contribution < 1.29 is 0 Å². The summed E-state index contributed by atoms with van der Waals surface area (Å²) in [5.41, 5.74) is 2.82. The second-order valence-corrected chi connectivity index (χ2v) is 5.27. The summed E-state index contributed by atoms with van der Waals surface area (Å²) in [6, 6.07) is 1.63. The third-order valence-electron chi connectivity index (χ3n) is 2.85. The molecule has 0 spiro atoms. The van der Waals surface area contributed by atoms with Crippen LogP contribution < -0.4 is 16.6 Å². The first-order valence-corrected chi connectivity index (χ1v) is 5.86. The van der Waals surface area contributed by atoms with E-state index in [0.717, 1.165) is 6.54 Å². The summed E-state index contributed by atoms with van der Waals surface area (Å²) in [4.78, 5) is 4.21. The molecule has 4 nitrogen and oxygen atoms in total. The number of hydrogen-bond donors (Lipinski definition) is 3. The second kappa shape index (κ2) is 4.28. The number of nitrogens with zero attached hydrogens (tertiary/aromatic N) is 1. The van der Waals surface area contributed by atoms with E-state index in [2.05, 4.69) is 22.7 Å². The van der Waals surface area contributed by atoms with Crippen LogP contribution in [0.4, 0.5) is 11.6 Å². The number of nitrogens with one attached hydrogen (secondary N) is 2. The number of rotatable bonds is 4. The highest BCUT2D eigenvalue weighted by Crippen LogP contribution is 2.45. The van der Waals surface area contributed by atoms with E-state index in [9.17, 15) is 0 Å². The molecular weight excluding hydrogens is 247 g/mol. The minimum absolute atomic E-state index is 0.390. The molecule has 1 aliphatic rings. The molecule has 2 rings (SSSR count). The van der Waals surface area contributed by atoms with Gasteiger partial charge in [-0.3, -0.25) is 0 Å². The van der Waals surface area contributed by atoms with E-state index < -0.39 is 0 Å². The van der Waals surface area contributed by atoms with E-state index in [-0.39, 0.29) is 0 Å². The Morgan fingerprint density at radius 1 is 1.38 bits per heavy atom. The maximum atomic E-state index is 6.03. The van der Waals surface area contributed by atoms with Crippen molar-refractivity contribution in [3.63, 3.8) is 0 Å². The summed E-state index contributed by atoms with van der Waals surface area (Å²) in [5.74, 6) is 6.34. The van der Waals surface area contributed by atoms with Gasteiger partial charge in [-0.05, 0) is 24.3 Å². The molecule has 1 fully saturated rings. The maximum Gasteiger partial charge on any atom is 0.161 e. The fourth-order valence-corrected chi connectivity index (χ4v) is 1.86. The molecule has 0 bridgehead atoms. The average molecular weight is 261 g/mol. The van der Waals surface area contributed by atoms with Crippen molar-refractivity contribution in [1.29, 1.82) is 0 Å². The number of hydrazine groups is 1. The van der Waals surface area contributed by atoms with Crippen LogP contribution in [0.3, 0.4) is 0 Å². The Kier molecular flexibility index (Phi) is 3.15. The molecule has 0 aromatic carbocycles. The first kappa shape index (κ1) is 11.8. The normalized spacial score (nSPS) is 17.0. The van der Waals surface area contributed by atoms with Crippen LogP contribution in [0.2, 0.25) is 10.0 Å². The molecule has 16 heavy (non-hydrogen) atoms. The number of pyridine rings is 1. The van der Waals surface area contributed by atoms with Gasteiger partial charge in [0, 0.05) is 6.54 Å². The number of nitrogens with two attached hydrogens (primary N) is 1. The van der Waals surface area contributed by atoms with Gasteiger partial charge in [0.15, 0.2) is 5.82 Å². The van der Waals surface area contributed by atoms with Gasteiger partial charge in [-0.1, -0.05) is 30.1 Å². The standard InChI is InChI=1S/C10H14Cl2N4/c1-10(2-3-10)5-14-8-6(11)4-7(12)9(15-8)16-13/h4H,2-3,5,13H2,1H3,(H2,14,15,16). The van der Waals surface area contributed by atoms with Crippen molar-refractivity contribution in [3.8, 4) is 0 Å². The highest BCUT2D eigenvalue weighted by atomic mass is 35.5. The van der Waals surface area contributed by atoms with Crippen molar-refractivity contribution in [2.24, 2.45) is 11.3 Å². The first-order chi connectivity index (χ1) is 7.54. The van der Waals surface area contributed by atoms with Crippen molar-refractivity contribution in [2.75, 3.05) is 17.3 Å². The van der Waals surface area contributed by atoms with E-state index in [1.54, 1.807) is 6.07 Å². The van der Waals surface area contributed by atoms with Crippen LogP contribution in [0, 0.1) is 5.41 Å². The van der Waals surface area contributed by atoms with Crippen LogP contribution in [-0.4, -0.2) is 11.5 Å². The molecule has 0 saturated heterocycles. The van der Waals surface area contributed by atoms with Crippen molar-refractivity contribution in [1.82, 2.24) is 4.98 Å². The van der Waals surface area contributed by atoms with Crippen molar-refractivity contribution in [2.45, 2.75) is 19.8 Å². The number of aromatic nitrogens is 1. The molecule has 1 aliphatic carbocycles. The quantitative estimate of drug-likeness (QED) is 0.576. The molecule has 4 N–H and O–H groups in total. The lowest BCUT2D eigenvalue weighted by molar-refractivity contribution is 0.609. The summed E-state index contributed by atoms with van der Waals surface area (Å²) in [6.45, 7) is 3.09. The lowest BCUT2D eigenvalue weighted by Crippen LogP contribution is -2.15. The van der Waals surface area contributed by atoms with Crippen LogP contribution in [0.5, 0.6) is 0 Å². The molecule has 0 amide bonds. The Labute approximate surface area is 104 Å². The number of halogens is 2. The SMILES string of the molecule is CC1(CNc2nc(NN)c(Cl)cc2Cl)CC1. The van der Waals surface area contributed by atoms with Gasteiger partial charge in [0.05, 0.1) is 10.0 Å². The predicted molar refractivity (Wildman–Crippen MR) is 67.9 cm³/mol. The molecule has 1 heterocycles. The Hall–Kier alpha value is -0.710. The predicted octanol–water partition coefficient (Wildman–Crippen LogP) is 2.89. The Morgan fingerprint density at radius 3 is 2.56 bits per heavy atom. The number of nitrogen functional groups attached to an aromatic ring is 1. The fourth-order valence-electron chi connectivity index (χ4n) is 1.38. The molecule has 6 heteroatoms. The summed E-state index contributed by atoms with van der Waals surface area (Å²) in [5, 5.41) is 4.14. The Bertz CT molecular complexity index is 404. The molecule has 1 saturated carbocycles. The Balaban J connectivity index is 2.13. The third-order valence-corrected chi connectivity index (χ3v) is 3.43. The van der Waals surface area contributed by atoms with Crippen LogP contribution in [0.15, 0.2) is 6.07 Å². The van der Waals surface area contributed by atoms with E-state index in [1.807, 2.05) is 0 Å². The van der Waals surface area contributed by atoms with E-state index in [4.69, 9.17) is 29.0 Å². The van der Waals surface area contributed by atoms with Gasteiger partial charge in [-0.2, -0.15) is 0 Å². The molecule has 88 valence electrons. The van der Waals surface area contributed by atoms with Gasteiger partial charge < -0.3 is 10.7 Å². The molecule has 1 aromatic heterocycles. The third kappa shape index (κ3) is 2.51. The maximum absolute atomic E-state index is 6.03. The minimum atomic E-state index is 0.390. The number of anilines is 2. The summed E-state index contributed by atoms with van der Waals surface area (Å²) < 4.78 is 0. The fraction of sp³-hybridized carbons (Fsp3) is 0.500. The monoisotopic (exact) mass is 260 g/mol. The van der Waals surface area contributed by atoms with Gasteiger partial charge in [-0.25, -0.2) is 10.8 Å². The van der Waals surface area contributed by atoms with Crippen molar-refractivity contribution >= 4 is 34.8 Å². The molecule has 0 radical (unpaired) electrons. The zero-order valence-corrected chi connectivity index (χ0v) is 10.5. The zero-order chi connectivity index (χ0) is 11.8. The molecular formula is C10H14Cl2N4. The topological polar surface area (TPSA) is 63.0 Å². The van der Waals surface area contributed by atoms with Gasteiger partial charge in [0.2, 0.25) is 0 Å². The zero-order valence-electron chi connectivity index (χ0n) is 8.98. The molecule has 0 aliphatic heterocycles. The highest BCUT2D eigenvalue weighted by Gasteiger charge is 2.37. The highest BCUT2D eigenvalue weighted by molar-refractivity contribution is 6.37. The van der Waals surface area contributed by atoms with Crippen LogP contribution >= 0.6 is 23.2 Å². The van der Waals surface area contributed by atoms with Crippen molar-refractivity contribution in [3.05, 3.63) is 16.1 Å². The number of hydrogen-bond acceptors (Lipinski definition) is 4. The van der Waals surface area contributed by atoms with Gasteiger partial charge in [-0.15, -0.1) is 0 Å². The minimum Gasteiger partial charge on any atom is -0.368 e. The summed E-state index contributed by atoms with van der Waals surface area (Å²) in [7, 11) is 0. The van der Waals surface area contributed by atoms with E-state index >= 15 is 0 Å². The van der Waals surface area contributed by atoms with Crippen LogP contribution in [0.25, 0.3) is 0 Å². The summed E-state index contributed by atoms with van der Waals surface area (Å²) >= 11 is 11.9. The van der Waals surface area contributed by atoms with Crippen LogP contribution in [-0.2, 0) is 0 Å². The van der Waals surface area contributed by atoms with Gasteiger partial charge in [0.25, 0.3) is 0 Å². The van der Waals surface area contributed by atoms with Gasteiger partial charge in [0.1, 0.15) is 5.82 Å². The molecule has 0 unspecified atom stereocenters. The smallest absolute Gasteiger partial charge is 0.161 e. The second-order valence-electron chi connectivity index (χ2n) is 4.46. The van der Waals surface area contributed by atoms with E-state index in [0.29, 0.717) is 27.1 Å². The van der Waals surface area contributed by atoms with Crippen LogP contribution in [0.1, 0.15) is 19.8 Å². The lowest BCUT2D eigenvalue weighted by atomic mass is 10.1. The summed E-state index contributed by atoms with van der Waals surface area (Å²) in [6.07, 6.45) is 2.49. The molecule has 1 aromatic rings. The largest absolute Gasteiger partial charge is 0.368 e. The average Bonchev–Trinajstić information content (AvgIpc) is 2.96. The molecule has 0 atom stereocenters. The van der Waals surface area contributed by atoms with Gasteiger partial charge >= 0.3 is 0 Å². The lowest BCUT2D eigenvalue weighted by Gasteiger charge is -2.13.